The van der Waals surface area contributed by atoms with Gasteiger partial charge in [-0.3, -0.25) is 0 Å². The minimum atomic E-state index is -3.92. The number of anilines is 2. The molecule has 1 aliphatic heterocycles. The van der Waals surface area contributed by atoms with Crippen molar-refractivity contribution in [3.8, 4) is 5.75 Å². The molecule has 0 fully saturated rings. The predicted octanol–water partition coefficient (Wildman–Crippen LogP) is 0.377. The van der Waals surface area contributed by atoms with Crippen LogP contribution in [0.3, 0.4) is 0 Å². The largest absolute Gasteiger partial charge is 0.748 e. The Labute approximate surface area is 154 Å². The first kappa shape index (κ1) is 21.1. The number of nitrogens with two attached hydrogens (primary N) is 1. The molecule has 0 atom stereocenters. The molecule has 8 nitrogen and oxygen atoms in total. The highest BCUT2D eigenvalue weighted by Gasteiger charge is 2.18. The number of ether oxygens (including phenoxy) is 1. The zero-order valence-electron chi connectivity index (χ0n) is 14.2. The third kappa shape index (κ3) is 7.20. The van der Waals surface area contributed by atoms with Crippen LogP contribution in [-0.2, 0) is 23.7 Å². The fourth-order valence-corrected chi connectivity index (χ4v) is 2.40. The molecule has 10 heteroatoms. The molecule has 2 heterocycles. The van der Waals surface area contributed by atoms with Gasteiger partial charge in [0, 0.05) is 18.0 Å². The SMILES string of the molecule is CS(=O)(=O)[O-].C[n+]1ccn(CCN2CCOc3cc(N)ccc32)c1.Cl. The molecular formula is C15H23ClN4O4S. The van der Waals surface area contributed by atoms with Gasteiger partial charge in [-0.2, -0.15) is 0 Å². The van der Waals surface area contributed by atoms with E-state index in [1.807, 2.05) is 36.0 Å². The fraction of sp³-hybridized carbons (Fsp3) is 0.400. The average Bonchev–Trinajstić information content (AvgIpc) is 2.88. The number of fused-ring (bicyclic) bond motifs is 1. The lowest BCUT2D eigenvalue weighted by Crippen LogP contribution is -2.35. The molecule has 3 rings (SSSR count). The van der Waals surface area contributed by atoms with Crippen LogP contribution in [0.4, 0.5) is 11.4 Å². The van der Waals surface area contributed by atoms with Gasteiger partial charge in [0.2, 0.25) is 6.33 Å². The van der Waals surface area contributed by atoms with Crippen molar-refractivity contribution in [3.05, 3.63) is 36.9 Å². The molecule has 0 amide bonds. The summed E-state index contributed by atoms with van der Waals surface area (Å²) in [6.07, 6.45) is 6.83. The van der Waals surface area contributed by atoms with Crippen LogP contribution >= 0.6 is 12.4 Å². The Bertz CT molecular complexity index is 787. The van der Waals surface area contributed by atoms with Gasteiger partial charge in [0.25, 0.3) is 0 Å². The van der Waals surface area contributed by atoms with Crippen molar-refractivity contribution < 1.29 is 22.3 Å². The second-order valence-corrected chi connectivity index (χ2v) is 6.99. The zero-order chi connectivity index (χ0) is 17.7. The molecule has 0 unspecified atom stereocenters. The molecule has 0 aliphatic carbocycles. The first-order valence-electron chi connectivity index (χ1n) is 7.41. The van der Waals surface area contributed by atoms with Crippen molar-refractivity contribution in [1.82, 2.24) is 4.57 Å². The molecule has 2 N–H and O–H groups in total. The standard InChI is InChI=1S/C14H19N4O.CH4O3S.ClH/c1-16-4-5-17(11-16)6-7-18-8-9-19-14-10-12(15)2-3-13(14)18;1-5(2,3)4;/h2-5,10-11H,6-9,15H2,1H3;1H3,(H,2,3,4);1H/q+1;;/p-1. The fourth-order valence-electron chi connectivity index (χ4n) is 2.40. The zero-order valence-corrected chi connectivity index (χ0v) is 15.8. The quantitative estimate of drug-likeness (QED) is 0.461. The van der Waals surface area contributed by atoms with E-state index in [4.69, 9.17) is 23.4 Å². The van der Waals surface area contributed by atoms with Crippen LogP contribution in [0.25, 0.3) is 0 Å². The average molecular weight is 391 g/mol. The Balaban J connectivity index is 0.000000462. The van der Waals surface area contributed by atoms with Gasteiger partial charge in [0.05, 0.1) is 35.9 Å². The summed E-state index contributed by atoms with van der Waals surface area (Å²) in [5.41, 5.74) is 7.67. The van der Waals surface area contributed by atoms with E-state index >= 15 is 0 Å². The molecule has 1 aromatic heterocycles. The number of nitrogens with zero attached hydrogens (tertiary/aromatic N) is 3. The molecule has 2 aromatic rings. The second-order valence-electron chi connectivity index (χ2n) is 5.58. The first-order chi connectivity index (χ1) is 11.2. The van der Waals surface area contributed by atoms with Crippen LogP contribution in [0.5, 0.6) is 5.75 Å². The number of nitrogen functional groups attached to an aromatic ring is 1. The Morgan fingerprint density at radius 3 is 2.64 bits per heavy atom. The van der Waals surface area contributed by atoms with E-state index in [0.29, 0.717) is 6.26 Å². The summed E-state index contributed by atoms with van der Waals surface area (Å²) in [5, 5.41) is 0. The highest BCUT2D eigenvalue weighted by Crippen LogP contribution is 2.32. The smallest absolute Gasteiger partial charge is 0.243 e. The van der Waals surface area contributed by atoms with E-state index in [9.17, 15) is 0 Å². The molecule has 1 aliphatic rings. The van der Waals surface area contributed by atoms with E-state index in [1.54, 1.807) is 0 Å². The molecule has 0 radical (unpaired) electrons. The van der Waals surface area contributed by atoms with Crippen LogP contribution in [0, 0.1) is 0 Å². The number of benzene rings is 1. The summed E-state index contributed by atoms with van der Waals surface area (Å²) in [6.45, 7) is 3.57. The third-order valence-corrected chi connectivity index (χ3v) is 3.40. The maximum atomic E-state index is 9.08. The van der Waals surface area contributed by atoms with Gasteiger partial charge in [-0.05, 0) is 12.1 Å². The molecule has 0 saturated carbocycles. The van der Waals surface area contributed by atoms with Crippen LogP contribution in [0.1, 0.15) is 0 Å². The normalized spacial score (nSPS) is 13.0. The lowest BCUT2D eigenvalue weighted by atomic mass is 10.2. The topological polar surface area (TPSA) is 104 Å². The summed E-state index contributed by atoms with van der Waals surface area (Å²) < 4.78 is 37.1. The van der Waals surface area contributed by atoms with Gasteiger partial charge in [-0.15, -0.1) is 12.4 Å². The third-order valence-electron chi connectivity index (χ3n) is 3.40. The summed E-state index contributed by atoms with van der Waals surface area (Å²) in [7, 11) is -1.89. The molecule has 25 heavy (non-hydrogen) atoms. The Morgan fingerprint density at radius 1 is 1.36 bits per heavy atom. The maximum Gasteiger partial charge on any atom is 0.243 e. The Hall–Kier alpha value is -1.97. The van der Waals surface area contributed by atoms with Crippen molar-refractivity contribution in [2.24, 2.45) is 7.05 Å². The second kappa shape index (κ2) is 8.93. The van der Waals surface area contributed by atoms with Gasteiger partial charge in [0.15, 0.2) is 0 Å². The maximum absolute atomic E-state index is 9.08. The first-order valence-corrected chi connectivity index (χ1v) is 9.23. The highest BCUT2D eigenvalue weighted by molar-refractivity contribution is 7.84. The summed E-state index contributed by atoms with van der Waals surface area (Å²) >= 11 is 0. The molecule has 0 spiro atoms. The number of hydrogen-bond donors (Lipinski definition) is 1. The number of hydrogen-bond acceptors (Lipinski definition) is 6. The summed E-state index contributed by atoms with van der Waals surface area (Å²) in [5.74, 6) is 0.893. The number of halogens is 1. The van der Waals surface area contributed by atoms with E-state index in [-0.39, 0.29) is 12.4 Å². The van der Waals surface area contributed by atoms with E-state index in [2.05, 4.69) is 22.0 Å². The summed E-state index contributed by atoms with van der Waals surface area (Å²) in [4.78, 5) is 2.35. The van der Waals surface area contributed by atoms with Crippen molar-refractivity contribution in [2.45, 2.75) is 6.54 Å². The minimum absolute atomic E-state index is 0. The van der Waals surface area contributed by atoms with Crippen LogP contribution in [-0.4, -0.2) is 43.5 Å². The van der Waals surface area contributed by atoms with Gasteiger partial charge < -0.3 is 19.9 Å². The van der Waals surface area contributed by atoms with E-state index < -0.39 is 10.1 Å². The molecule has 0 bridgehead atoms. The van der Waals surface area contributed by atoms with Crippen LogP contribution in [0.2, 0.25) is 0 Å². The highest BCUT2D eigenvalue weighted by atomic mass is 35.5. The van der Waals surface area contributed by atoms with Gasteiger partial charge in [-0.1, -0.05) is 0 Å². The number of imidazole rings is 1. The predicted molar refractivity (Wildman–Crippen MR) is 97.0 cm³/mol. The van der Waals surface area contributed by atoms with Crippen LogP contribution in [0.15, 0.2) is 36.9 Å². The number of rotatable bonds is 3. The molecule has 140 valence electrons. The minimum Gasteiger partial charge on any atom is -0.748 e. The van der Waals surface area contributed by atoms with Gasteiger partial charge in [0.1, 0.15) is 31.3 Å². The molecule has 1 aromatic carbocycles. The summed E-state index contributed by atoms with van der Waals surface area (Å²) in [6, 6.07) is 5.87. The van der Waals surface area contributed by atoms with E-state index in [0.717, 1.165) is 43.4 Å². The number of aryl methyl sites for hydroxylation is 1. The Kier molecular flexibility index (Phi) is 7.53. The van der Waals surface area contributed by atoms with E-state index in [1.165, 1.54) is 0 Å². The monoisotopic (exact) mass is 390 g/mol. The van der Waals surface area contributed by atoms with Gasteiger partial charge in [-0.25, -0.2) is 17.6 Å². The van der Waals surface area contributed by atoms with Crippen molar-refractivity contribution in [1.29, 1.82) is 0 Å². The molecular weight excluding hydrogens is 368 g/mol. The number of aromatic nitrogens is 2. The molecule has 0 saturated heterocycles. The van der Waals surface area contributed by atoms with Crippen molar-refractivity contribution in [3.63, 3.8) is 0 Å². The Morgan fingerprint density at radius 2 is 2.04 bits per heavy atom. The lowest BCUT2D eigenvalue weighted by Gasteiger charge is -2.30. The van der Waals surface area contributed by atoms with Crippen molar-refractivity contribution >= 4 is 33.9 Å². The van der Waals surface area contributed by atoms with Crippen LogP contribution < -0.4 is 19.9 Å². The lowest BCUT2D eigenvalue weighted by molar-refractivity contribution is -0.671. The van der Waals surface area contributed by atoms with Gasteiger partial charge >= 0.3 is 0 Å². The van der Waals surface area contributed by atoms with Crippen molar-refractivity contribution in [2.75, 3.05) is 36.6 Å².